The minimum atomic E-state index is -4.62. The summed E-state index contributed by atoms with van der Waals surface area (Å²) >= 11 is 0. The van der Waals surface area contributed by atoms with Crippen molar-refractivity contribution in [1.29, 1.82) is 0 Å². The standard InChI is InChI=1S/C24H19F3N2O2/c25-24(26,27)20-9-5-4-8-19(20)23(31)28-18-11-12-21-17(14-18)10-13-22(30)29(21)15-16-6-2-1-3-7-16/h1-9,11-12,14H,10,13,15H2,(H,28,31). The Morgan fingerprint density at radius 1 is 0.935 bits per heavy atom. The molecule has 3 aromatic rings. The topological polar surface area (TPSA) is 49.4 Å². The molecule has 1 heterocycles. The molecule has 0 saturated carbocycles. The SMILES string of the molecule is O=C(Nc1ccc2c(c1)CCC(=O)N2Cc1ccccc1)c1ccccc1C(F)(F)F. The molecule has 0 aromatic heterocycles. The van der Waals surface area contributed by atoms with E-state index >= 15 is 0 Å². The number of fused-ring (bicyclic) bond motifs is 1. The fourth-order valence-electron chi connectivity index (χ4n) is 3.70. The zero-order valence-electron chi connectivity index (χ0n) is 16.4. The first-order valence-corrected chi connectivity index (χ1v) is 9.78. The molecule has 0 bridgehead atoms. The molecule has 1 N–H and O–H groups in total. The molecule has 3 aromatic carbocycles. The van der Waals surface area contributed by atoms with Gasteiger partial charge >= 0.3 is 6.18 Å². The summed E-state index contributed by atoms with van der Waals surface area (Å²) in [6.07, 6.45) is -3.79. The molecule has 2 amide bonds. The molecule has 158 valence electrons. The van der Waals surface area contributed by atoms with E-state index in [0.29, 0.717) is 25.1 Å². The van der Waals surface area contributed by atoms with Crippen molar-refractivity contribution in [3.05, 3.63) is 95.1 Å². The largest absolute Gasteiger partial charge is 0.417 e. The highest BCUT2D eigenvalue weighted by molar-refractivity contribution is 6.06. The van der Waals surface area contributed by atoms with Crippen molar-refractivity contribution < 1.29 is 22.8 Å². The summed E-state index contributed by atoms with van der Waals surface area (Å²) in [4.78, 5) is 26.7. The second kappa shape index (κ2) is 8.26. The molecular formula is C24H19F3N2O2. The number of anilines is 2. The number of aryl methyl sites for hydroxylation is 1. The first-order chi connectivity index (χ1) is 14.8. The molecule has 4 nitrogen and oxygen atoms in total. The van der Waals surface area contributed by atoms with Gasteiger partial charge in [-0.15, -0.1) is 0 Å². The Morgan fingerprint density at radius 2 is 1.65 bits per heavy atom. The number of benzene rings is 3. The number of hydrogen-bond donors (Lipinski definition) is 1. The quantitative estimate of drug-likeness (QED) is 0.607. The molecule has 4 rings (SSSR count). The fourth-order valence-corrected chi connectivity index (χ4v) is 3.70. The number of alkyl halides is 3. The molecular weight excluding hydrogens is 405 g/mol. The van der Waals surface area contributed by atoms with Crippen LogP contribution in [-0.4, -0.2) is 11.8 Å². The van der Waals surface area contributed by atoms with Crippen LogP contribution >= 0.6 is 0 Å². The maximum Gasteiger partial charge on any atom is 0.417 e. The van der Waals surface area contributed by atoms with Gasteiger partial charge in [-0.05, 0) is 47.9 Å². The molecule has 0 radical (unpaired) electrons. The van der Waals surface area contributed by atoms with E-state index in [9.17, 15) is 22.8 Å². The van der Waals surface area contributed by atoms with E-state index < -0.39 is 23.2 Å². The van der Waals surface area contributed by atoms with Crippen LogP contribution in [-0.2, 0) is 23.9 Å². The van der Waals surface area contributed by atoms with E-state index in [1.165, 1.54) is 12.1 Å². The van der Waals surface area contributed by atoms with Crippen molar-refractivity contribution in [2.75, 3.05) is 10.2 Å². The number of rotatable bonds is 4. The van der Waals surface area contributed by atoms with Crippen LogP contribution in [0.2, 0.25) is 0 Å². The lowest BCUT2D eigenvalue weighted by molar-refractivity contribution is -0.137. The first-order valence-electron chi connectivity index (χ1n) is 9.78. The van der Waals surface area contributed by atoms with E-state index in [-0.39, 0.29) is 5.91 Å². The van der Waals surface area contributed by atoms with Crippen molar-refractivity contribution in [3.63, 3.8) is 0 Å². The van der Waals surface area contributed by atoms with Crippen LogP contribution < -0.4 is 10.2 Å². The van der Waals surface area contributed by atoms with Gasteiger partial charge in [-0.2, -0.15) is 13.2 Å². The maximum atomic E-state index is 13.2. The summed E-state index contributed by atoms with van der Waals surface area (Å²) in [5, 5.41) is 2.55. The zero-order chi connectivity index (χ0) is 22.0. The highest BCUT2D eigenvalue weighted by atomic mass is 19.4. The monoisotopic (exact) mass is 424 g/mol. The number of amides is 2. The van der Waals surface area contributed by atoms with Gasteiger partial charge in [-0.25, -0.2) is 0 Å². The van der Waals surface area contributed by atoms with E-state index in [4.69, 9.17) is 0 Å². The zero-order valence-corrected chi connectivity index (χ0v) is 16.4. The van der Waals surface area contributed by atoms with Crippen LogP contribution in [0.15, 0.2) is 72.8 Å². The minimum absolute atomic E-state index is 0.00671. The van der Waals surface area contributed by atoms with Crippen LogP contribution in [0.5, 0.6) is 0 Å². The minimum Gasteiger partial charge on any atom is -0.322 e. The van der Waals surface area contributed by atoms with Crippen LogP contribution in [0.1, 0.15) is 33.5 Å². The van der Waals surface area contributed by atoms with Gasteiger partial charge in [0.15, 0.2) is 0 Å². The van der Waals surface area contributed by atoms with Crippen LogP contribution in [0.3, 0.4) is 0 Å². The van der Waals surface area contributed by atoms with Crippen LogP contribution in [0.25, 0.3) is 0 Å². The predicted octanol–water partition coefficient (Wildman–Crippen LogP) is 5.44. The number of hydrogen-bond acceptors (Lipinski definition) is 2. The van der Waals surface area contributed by atoms with Crippen LogP contribution in [0.4, 0.5) is 24.5 Å². The van der Waals surface area contributed by atoms with Crippen molar-refractivity contribution in [2.24, 2.45) is 0 Å². The Morgan fingerprint density at radius 3 is 2.39 bits per heavy atom. The van der Waals surface area contributed by atoms with E-state index in [2.05, 4.69) is 5.32 Å². The summed E-state index contributed by atoms with van der Waals surface area (Å²) in [7, 11) is 0. The average molecular weight is 424 g/mol. The van der Waals surface area contributed by atoms with Gasteiger partial charge in [0, 0.05) is 17.8 Å². The van der Waals surface area contributed by atoms with Gasteiger partial charge in [0.25, 0.3) is 5.91 Å². The molecule has 0 saturated heterocycles. The lowest BCUT2D eigenvalue weighted by Gasteiger charge is -2.30. The van der Waals surface area contributed by atoms with Gasteiger partial charge in [-0.3, -0.25) is 9.59 Å². The van der Waals surface area contributed by atoms with Gasteiger partial charge in [0.1, 0.15) is 0 Å². The van der Waals surface area contributed by atoms with Crippen LogP contribution in [0, 0.1) is 0 Å². The molecule has 0 aliphatic carbocycles. The highest BCUT2D eigenvalue weighted by Crippen LogP contribution is 2.34. The van der Waals surface area contributed by atoms with Gasteiger partial charge in [0.05, 0.1) is 17.7 Å². The second-order valence-electron chi connectivity index (χ2n) is 7.31. The van der Waals surface area contributed by atoms with Crippen molar-refractivity contribution in [3.8, 4) is 0 Å². The summed E-state index contributed by atoms with van der Waals surface area (Å²) in [6.45, 7) is 0.428. The molecule has 0 fully saturated rings. The van der Waals surface area contributed by atoms with Crippen molar-refractivity contribution in [2.45, 2.75) is 25.6 Å². The lowest BCUT2D eigenvalue weighted by atomic mass is 9.99. The third-order valence-electron chi connectivity index (χ3n) is 5.20. The molecule has 0 spiro atoms. The molecule has 1 aliphatic heterocycles. The average Bonchev–Trinajstić information content (AvgIpc) is 2.76. The van der Waals surface area contributed by atoms with Gasteiger partial charge in [0.2, 0.25) is 5.91 Å². The number of halogens is 3. The Hall–Kier alpha value is -3.61. The number of nitrogens with one attached hydrogen (secondary N) is 1. The van der Waals surface area contributed by atoms with E-state index in [1.807, 2.05) is 30.3 Å². The summed E-state index contributed by atoms with van der Waals surface area (Å²) in [5.41, 5.74) is 1.56. The van der Waals surface area contributed by atoms with Crippen molar-refractivity contribution >= 4 is 23.2 Å². The highest BCUT2D eigenvalue weighted by Gasteiger charge is 2.35. The summed E-state index contributed by atoms with van der Waals surface area (Å²) < 4.78 is 39.6. The Bertz CT molecular complexity index is 1130. The summed E-state index contributed by atoms with van der Waals surface area (Å²) in [6, 6.07) is 19.3. The van der Waals surface area contributed by atoms with Crippen molar-refractivity contribution in [1.82, 2.24) is 0 Å². The molecule has 7 heteroatoms. The molecule has 1 aliphatic rings. The molecule has 0 unspecified atom stereocenters. The van der Waals surface area contributed by atoms with E-state index in [1.54, 1.807) is 23.1 Å². The lowest BCUT2D eigenvalue weighted by Crippen LogP contribution is -2.34. The smallest absolute Gasteiger partial charge is 0.322 e. The molecule has 31 heavy (non-hydrogen) atoms. The first kappa shape index (κ1) is 20.7. The Balaban J connectivity index is 1.58. The van der Waals surface area contributed by atoms with Gasteiger partial charge < -0.3 is 10.2 Å². The number of carbonyl (C=O) groups excluding carboxylic acids is 2. The number of carbonyl (C=O) groups is 2. The third-order valence-corrected chi connectivity index (χ3v) is 5.20. The van der Waals surface area contributed by atoms with E-state index in [0.717, 1.165) is 28.9 Å². The van der Waals surface area contributed by atoms with Gasteiger partial charge in [-0.1, -0.05) is 42.5 Å². The Labute approximate surface area is 177 Å². The predicted molar refractivity (Wildman–Crippen MR) is 112 cm³/mol. The number of nitrogens with zero attached hydrogens (tertiary/aromatic N) is 1. The Kier molecular flexibility index (Phi) is 5.50. The third kappa shape index (κ3) is 4.45. The second-order valence-corrected chi connectivity index (χ2v) is 7.31. The normalized spacial score (nSPS) is 13.6. The maximum absolute atomic E-state index is 13.2. The fraction of sp³-hybridized carbons (Fsp3) is 0.167. The summed E-state index contributed by atoms with van der Waals surface area (Å²) in [5.74, 6) is -0.826. The molecule has 0 atom stereocenters.